The average molecular weight is 565 g/mol. The van der Waals surface area contributed by atoms with Gasteiger partial charge in [-0.1, -0.05) is 154 Å². The fraction of sp³-hybridized carbons (Fsp3) is 0.889. The van der Waals surface area contributed by atoms with E-state index in [0.717, 1.165) is 38.5 Å². The second kappa shape index (κ2) is 29.5. The number of hydrogen-bond donors (Lipinski definition) is 2. The number of unbranched alkanes of at least 4 members (excludes halogenated alkanes) is 23. The smallest absolute Gasteiger partial charge is 0.204 e. The molecule has 0 amide bonds. The first-order valence-corrected chi connectivity index (χ1v) is 17.6. The summed E-state index contributed by atoms with van der Waals surface area (Å²) in [5.74, 6) is -1.01. The molecule has 0 saturated carbocycles. The third-order valence-corrected chi connectivity index (χ3v) is 8.32. The molecule has 0 rings (SSSR count). The molecule has 0 aliphatic rings. The summed E-state index contributed by atoms with van der Waals surface area (Å²) in [6.45, 7) is 3.71. The average Bonchev–Trinajstić information content (AvgIpc) is 2.96. The Morgan fingerprint density at radius 2 is 0.750 bits per heavy atom. The van der Waals surface area contributed by atoms with Crippen LogP contribution in [0, 0.1) is 0 Å². The van der Waals surface area contributed by atoms with Crippen LogP contribution < -0.4 is 0 Å². The minimum atomic E-state index is -2.20. The zero-order chi connectivity index (χ0) is 29.6. The molecule has 0 aromatic heterocycles. The van der Waals surface area contributed by atoms with Gasteiger partial charge < -0.3 is 10.2 Å². The van der Waals surface area contributed by atoms with Gasteiger partial charge in [0.15, 0.2) is 11.6 Å². The Bertz CT molecular complexity index is 600. The van der Waals surface area contributed by atoms with Gasteiger partial charge in [-0.3, -0.25) is 9.59 Å². The largest absolute Gasteiger partial charge is 0.392 e. The van der Waals surface area contributed by atoms with Crippen LogP contribution in [0.3, 0.4) is 0 Å². The normalized spacial score (nSPS) is 13.2. The van der Waals surface area contributed by atoms with Crippen LogP contribution in [0.15, 0.2) is 12.2 Å². The number of carbonyl (C=O) groups excluding carboxylic acids is 2. The van der Waals surface area contributed by atoms with Gasteiger partial charge in [-0.25, -0.2) is 0 Å². The number of allylic oxidation sites excluding steroid dienone is 2. The quantitative estimate of drug-likeness (QED) is 0.0484. The van der Waals surface area contributed by atoms with Gasteiger partial charge in [0.1, 0.15) is 0 Å². The van der Waals surface area contributed by atoms with Crippen LogP contribution in [0.4, 0.5) is 0 Å². The van der Waals surface area contributed by atoms with Crippen molar-refractivity contribution >= 4 is 11.6 Å². The van der Waals surface area contributed by atoms with Crippen molar-refractivity contribution in [3.8, 4) is 0 Å². The van der Waals surface area contributed by atoms with Crippen molar-refractivity contribution in [2.45, 2.75) is 199 Å². The maximum absolute atomic E-state index is 12.6. The summed E-state index contributed by atoms with van der Waals surface area (Å²) in [4.78, 5) is 25.1. The maximum atomic E-state index is 12.6. The third-order valence-electron chi connectivity index (χ3n) is 8.32. The van der Waals surface area contributed by atoms with E-state index in [1.165, 1.54) is 116 Å². The first-order valence-electron chi connectivity index (χ1n) is 17.6. The molecule has 0 aliphatic heterocycles. The van der Waals surface area contributed by atoms with E-state index < -0.39 is 23.8 Å². The molecule has 0 aromatic rings. The lowest BCUT2D eigenvalue weighted by Crippen LogP contribution is -2.49. The summed E-state index contributed by atoms with van der Waals surface area (Å²) in [6.07, 6.45) is 36.2. The minimum absolute atomic E-state index is 0.166. The molecule has 0 heterocycles. The van der Waals surface area contributed by atoms with Crippen LogP contribution in [0.5, 0.6) is 0 Å². The van der Waals surface area contributed by atoms with E-state index in [4.69, 9.17) is 0 Å². The zero-order valence-electron chi connectivity index (χ0n) is 26.9. The van der Waals surface area contributed by atoms with Gasteiger partial charge in [-0.05, 0) is 38.5 Å². The Kier molecular flexibility index (Phi) is 28.8. The molecule has 0 aromatic carbocycles. The molecule has 4 heteroatoms. The van der Waals surface area contributed by atoms with Crippen molar-refractivity contribution < 1.29 is 19.8 Å². The molecular formula is C36H68O4. The molecule has 0 aliphatic carbocycles. The Morgan fingerprint density at radius 1 is 0.475 bits per heavy atom. The highest BCUT2D eigenvalue weighted by molar-refractivity contribution is 6.10. The highest BCUT2D eigenvalue weighted by atomic mass is 16.3. The number of hydrogen-bond acceptors (Lipinski definition) is 4. The molecule has 0 bridgehead atoms. The van der Waals surface area contributed by atoms with E-state index in [1.807, 2.05) is 0 Å². The van der Waals surface area contributed by atoms with Crippen LogP contribution in [-0.2, 0) is 9.59 Å². The molecule has 2 N–H and O–H groups in total. The lowest BCUT2D eigenvalue weighted by atomic mass is 9.88. The summed E-state index contributed by atoms with van der Waals surface area (Å²) in [5, 5.41) is 20.3. The van der Waals surface area contributed by atoms with E-state index >= 15 is 0 Å². The lowest BCUT2D eigenvalue weighted by molar-refractivity contribution is -0.155. The van der Waals surface area contributed by atoms with Crippen molar-refractivity contribution in [3.63, 3.8) is 0 Å². The first kappa shape index (κ1) is 39.0. The fourth-order valence-corrected chi connectivity index (χ4v) is 5.41. The van der Waals surface area contributed by atoms with Crippen molar-refractivity contribution in [2.24, 2.45) is 0 Å². The number of aliphatic hydroxyl groups excluding tert-OH is 1. The number of ketones is 2. The highest BCUT2D eigenvalue weighted by Gasteiger charge is 2.41. The summed E-state index contributed by atoms with van der Waals surface area (Å²) in [6, 6.07) is 0. The van der Waals surface area contributed by atoms with E-state index in [1.54, 1.807) is 0 Å². The van der Waals surface area contributed by atoms with E-state index in [-0.39, 0.29) is 12.8 Å². The van der Waals surface area contributed by atoms with E-state index in [9.17, 15) is 19.8 Å². The van der Waals surface area contributed by atoms with E-state index in [0.29, 0.717) is 12.8 Å². The second-order valence-electron chi connectivity index (χ2n) is 12.2. The molecule has 40 heavy (non-hydrogen) atoms. The Morgan fingerprint density at radius 3 is 1.05 bits per heavy atom. The Balaban J connectivity index is 3.75. The first-order chi connectivity index (χ1) is 19.5. The van der Waals surface area contributed by atoms with Crippen molar-refractivity contribution in [2.75, 3.05) is 6.61 Å². The Labute approximate surface area is 249 Å². The summed E-state index contributed by atoms with van der Waals surface area (Å²) in [7, 11) is 0. The summed E-state index contributed by atoms with van der Waals surface area (Å²) in [5.41, 5.74) is -2.20. The van der Waals surface area contributed by atoms with Crippen molar-refractivity contribution in [1.29, 1.82) is 0 Å². The monoisotopic (exact) mass is 565 g/mol. The molecule has 4 nitrogen and oxygen atoms in total. The van der Waals surface area contributed by atoms with Gasteiger partial charge in [0.05, 0.1) is 6.61 Å². The molecule has 1 unspecified atom stereocenters. The fourth-order valence-electron chi connectivity index (χ4n) is 5.41. The molecule has 0 fully saturated rings. The van der Waals surface area contributed by atoms with Crippen LogP contribution >= 0.6 is 0 Å². The number of aliphatic hydroxyl groups is 2. The van der Waals surface area contributed by atoms with E-state index in [2.05, 4.69) is 26.0 Å². The predicted octanol–water partition coefficient (Wildman–Crippen LogP) is 10.4. The standard InChI is InChI=1S/C36H68O4/c1-3-5-7-9-11-13-15-17-18-20-22-24-26-28-30-32-35(39)36(40,33-37)34(38)31-29-27-25-23-21-19-16-14-12-10-8-6-4-2/h17-18,37,40H,3-16,19-33H2,1-2H3/b18-17-. The van der Waals surface area contributed by atoms with Gasteiger partial charge in [-0.15, -0.1) is 0 Å². The third kappa shape index (κ3) is 22.7. The molecule has 1 atom stereocenters. The topological polar surface area (TPSA) is 74.6 Å². The van der Waals surface area contributed by atoms with Crippen LogP contribution in [0.2, 0.25) is 0 Å². The van der Waals surface area contributed by atoms with Gasteiger partial charge in [-0.2, -0.15) is 0 Å². The van der Waals surface area contributed by atoms with Crippen LogP contribution in [-0.4, -0.2) is 34.0 Å². The van der Waals surface area contributed by atoms with Gasteiger partial charge in [0.2, 0.25) is 5.60 Å². The van der Waals surface area contributed by atoms with Crippen LogP contribution in [0.1, 0.15) is 194 Å². The molecule has 0 spiro atoms. The second-order valence-corrected chi connectivity index (χ2v) is 12.2. The zero-order valence-corrected chi connectivity index (χ0v) is 26.9. The maximum Gasteiger partial charge on any atom is 0.204 e. The summed E-state index contributed by atoms with van der Waals surface area (Å²) >= 11 is 0. The SMILES string of the molecule is CCCCCCCC/C=C\CCCCCCCC(=O)C(O)(CO)C(=O)CCCCCCCCCCCCCCC. The Hall–Kier alpha value is -1.00. The number of rotatable bonds is 32. The molecule has 236 valence electrons. The van der Waals surface area contributed by atoms with Crippen molar-refractivity contribution in [1.82, 2.24) is 0 Å². The van der Waals surface area contributed by atoms with Crippen LogP contribution in [0.25, 0.3) is 0 Å². The predicted molar refractivity (Wildman–Crippen MR) is 172 cm³/mol. The van der Waals surface area contributed by atoms with Gasteiger partial charge in [0, 0.05) is 12.8 Å². The number of carbonyl (C=O) groups is 2. The highest BCUT2D eigenvalue weighted by Crippen LogP contribution is 2.19. The van der Waals surface area contributed by atoms with Gasteiger partial charge >= 0.3 is 0 Å². The summed E-state index contributed by atoms with van der Waals surface area (Å²) < 4.78 is 0. The molecular weight excluding hydrogens is 496 g/mol. The lowest BCUT2D eigenvalue weighted by Gasteiger charge is -2.23. The van der Waals surface area contributed by atoms with Gasteiger partial charge in [0.25, 0.3) is 0 Å². The minimum Gasteiger partial charge on any atom is -0.392 e. The van der Waals surface area contributed by atoms with Crippen molar-refractivity contribution in [3.05, 3.63) is 12.2 Å². The molecule has 0 radical (unpaired) electrons. The molecule has 0 saturated heterocycles. The number of Topliss-reactive ketones (excluding diaryl/α,β-unsaturated/α-hetero) is 2.